The van der Waals surface area contributed by atoms with Gasteiger partial charge >= 0.3 is 0 Å². The van der Waals surface area contributed by atoms with Crippen molar-refractivity contribution in [3.05, 3.63) is 34.6 Å². The van der Waals surface area contributed by atoms with Gasteiger partial charge in [0.15, 0.2) is 0 Å². The van der Waals surface area contributed by atoms with Crippen LogP contribution < -0.4 is 5.32 Å². The lowest BCUT2D eigenvalue weighted by Crippen LogP contribution is -2.39. The summed E-state index contributed by atoms with van der Waals surface area (Å²) in [6.07, 6.45) is 0.00871. The number of aliphatic hydroxyl groups is 1. The van der Waals surface area contributed by atoms with Gasteiger partial charge in [0.2, 0.25) is 5.91 Å². The summed E-state index contributed by atoms with van der Waals surface area (Å²) in [6.45, 7) is 0.460. The molecule has 0 saturated carbocycles. The van der Waals surface area contributed by atoms with E-state index in [1.165, 1.54) is 17.0 Å². The van der Waals surface area contributed by atoms with Gasteiger partial charge in [-0.3, -0.25) is 9.59 Å². The van der Waals surface area contributed by atoms with Crippen LogP contribution in [0.1, 0.15) is 16.8 Å². The Morgan fingerprint density at radius 1 is 1.50 bits per heavy atom. The highest BCUT2D eigenvalue weighted by atomic mass is 35.5. The first-order valence-corrected chi connectivity index (χ1v) is 6.55. The van der Waals surface area contributed by atoms with Crippen LogP contribution in [0.15, 0.2) is 18.2 Å². The number of halogens is 2. The molecule has 1 aliphatic rings. The summed E-state index contributed by atoms with van der Waals surface area (Å²) in [7, 11) is 0. The molecule has 1 aromatic carbocycles. The number of carbonyl (C=O) groups excluding carboxylic acids is 2. The van der Waals surface area contributed by atoms with Crippen LogP contribution in [0.4, 0.5) is 4.39 Å². The van der Waals surface area contributed by atoms with Crippen molar-refractivity contribution in [3.63, 3.8) is 0 Å². The van der Waals surface area contributed by atoms with E-state index >= 15 is 0 Å². The third kappa shape index (κ3) is 3.26. The SMILES string of the molecule is O=C(NCC(=O)N1CC[C@@H](O)C1)c1c(F)cccc1Cl. The average Bonchev–Trinajstić information content (AvgIpc) is 2.82. The predicted octanol–water partition coefficient (Wildman–Crippen LogP) is 0.802. The first-order valence-electron chi connectivity index (χ1n) is 6.17. The molecule has 20 heavy (non-hydrogen) atoms. The van der Waals surface area contributed by atoms with E-state index in [2.05, 4.69) is 5.32 Å². The smallest absolute Gasteiger partial charge is 0.256 e. The third-order valence-corrected chi connectivity index (χ3v) is 3.42. The Morgan fingerprint density at radius 3 is 2.85 bits per heavy atom. The Bertz CT molecular complexity index is 518. The summed E-state index contributed by atoms with van der Waals surface area (Å²) in [5.74, 6) is -1.79. The lowest BCUT2D eigenvalue weighted by atomic mass is 10.2. The molecule has 0 spiro atoms. The molecule has 0 unspecified atom stereocenters. The molecule has 0 radical (unpaired) electrons. The van der Waals surface area contributed by atoms with E-state index < -0.39 is 17.8 Å². The van der Waals surface area contributed by atoms with Crippen molar-refractivity contribution in [3.8, 4) is 0 Å². The Hall–Kier alpha value is -1.66. The summed E-state index contributed by atoms with van der Waals surface area (Å²) >= 11 is 5.76. The molecule has 5 nitrogen and oxygen atoms in total. The van der Waals surface area contributed by atoms with Crippen LogP contribution in [0.25, 0.3) is 0 Å². The first kappa shape index (κ1) is 14.7. The van der Waals surface area contributed by atoms with Crippen molar-refractivity contribution in [2.45, 2.75) is 12.5 Å². The maximum absolute atomic E-state index is 13.5. The fraction of sp³-hybridized carbons (Fsp3) is 0.385. The molecule has 2 N–H and O–H groups in total. The maximum atomic E-state index is 13.5. The minimum absolute atomic E-state index is 0.00783. The molecule has 108 valence electrons. The van der Waals surface area contributed by atoms with Gasteiger partial charge < -0.3 is 15.3 Å². The Labute approximate surface area is 120 Å². The maximum Gasteiger partial charge on any atom is 0.256 e. The molecular formula is C13H14ClFN2O3. The van der Waals surface area contributed by atoms with E-state index in [1.54, 1.807) is 0 Å². The van der Waals surface area contributed by atoms with E-state index in [4.69, 9.17) is 11.6 Å². The van der Waals surface area contributed by atoms with Crippen molar-refractivity contribution in [2.24, 2.45) is 0 Å². The Balaban J connectivity index is 1.94. The van der Waals surface area contributed by atoms with Gasteiger partial charge in [0.05, 0.1) is 23.2 Å². The lowest BCUT2D eigenvalue weighted by Gasteiger charge is -2.16. The van der Waals surface area contributed by atoms with Crippen molar-refractivity contribution < 1.29 is 19.1 Å². The fourth-order valence-electron chi connectivity index (χ4n) is 2.04. The summed E-state index contributed by atoms with van der Waals surface area (Å²) < 4.78 is 13.5. The van der Waals surface area contributed by atoms with E-state index in [0.717, 1.165) is 6.07 Å². The zero-order valence-electron chi connectivity index (χ0n) is 10.6. The third-order valence-electron chi connectivity index (χ3n) is 3.11. The van der Waals surface area contributed by atoms with Crippen LogP contribution in [-0.4, -0.2) is 47.6 Å². The molecule has 1 heterocycles. The van der Waals surface area contributed by atoms with Crippen LogP contribution in [0.5, 0.6) is 0 Å². The van der Waals surface area contributed by atoms with Gasteiger partial charge in [0, 0.05) is 13.1 Å². The average molecular weight is 301 g/mol. The zero-order chi connectivity index (χ0) is 14.7. The molecule has 2 rings (SSSR count). The Morgan fingerprint density at radius 2 is 2.25 bits per heavy atom. The van der Waals surface area contributed by atoms with Gasteiger partial charge in [0.25, 0.3) is 5.91 Å². The number of likely N-dealkylation sites (tertiary alicyclic amines) is 1. The van der Waals surface area contributed by atoms with Crippen molar-refractivity contribution in [2.75, 3.05) is 19.6 Å². The highest BCUT2D eigenvalue weighted by Crippen LogP contribution is 2.18. The lowest BCUT2D eigenvalue weighted by molar-refractivity contribution is -0.129. The Kier molecular flexibility index (Phi) is 4.57. The number of rotatable bonds is 3. The second-order valence-electron chi connectivity index (χ2n) is 4.56. The number of nitrogens with one attached hydrogen (secondary N) is 1. The van der Waals surface area contributed by atoms with Crippen LogP contribution in [0, 0.1) is 5.82 Å². The number of nitrogens with zero attached hydrogens (tertiary/aromatic N) is 1. The normalized spacial score (nSPS) is 18.1. The molecule has 0 bridgehead atoms. The number of hydrogen-bond acceptors (Lipinski definition) is 3. The van der Waals surface area contributed by atoms with Crippen molar-refractivity contribution in [1.82, 2.24) is 10.2 Å². The van der Waals surface area contributed by atoms with E-state index in [1.807, 2.05) is 0 Å². The fourth-order valence-corrected chi connectivity index (χ4v) is 2.29. The van der Waals surface area contributed by atoms with E-state index in [9.17, 15) is 19.1 Å². The molecule has 1 aliphatic heterocycles. The second-order valence-corrected chi connectivity index (χ2v) is 4.97. The minimum Gasteiger partial charge on any atom is -0.391 e. The molecule has 1 atom stereocenters. The zero-order valence-corrected chi connectivity index (χ0v) is 11.4. The summed E-state index contributed by atoms with van der Waals surface area (Å²) in [5.41, 5.74) is -0.275. The number of benzene rings is 1. The molecule has 1 saturated heterocycles. The van der Waals surface area contributed by atoms with Gasteiger partial charge in [-0.15, -0.1) is 0 Å². The number of carbonyl (C=O) groups is 2. The minimum atomic E-state index is -0.737. The number of hydrogen-bond donors (Lipinski definition) is 2. The van der Waals surface area contributed by atoms with Gasteiger partial charge in [-0.05, 0) is 18.6 Å². The highest BCUT2D eigenvalue weighted by molar-refractivity contribution is 6.33. The number of aliphatic hydroxyl groups excluding tert-OH is 1. The molecule has 0 aliphatic carbocycles. The predicted molar refractivity (Wildman–Crippen MR) is 70.9 cm³/mol. The van der Waals surface area contributed by atoms with E-state index in [0.29, 0.717) is 13.0 Å². The topological polar surface area (TPSA) is 69.6 Å². The standard InChI is InChI=1S/C13H14ClFN2O3/c14-9-2-1-3-10(15)12(9)13(20)16-6-11(19)17-5-4-8(18)7-17/h1-3,8,18H,4-7H2,(H,16,20)/t8-/m1/s1. The molecule has 1 fully saturated rings. The van der Waals surface area contributed by atoms with Crippen molar-refractivity contribution in [1.29, 1.82) is 0 Å². The van der Waals surface area contributed by atoms with Gasteiger partial charge in [0.1, 0.15) is 5.82 Å². The first-order chi connectivity index (χ1) is 9.49. The van der Waals surface area contributed by atoms with Crippen LogP contribution >= 0.6 is 11.6 Å². The van der Waals surface area contributed by atoms with E-state index in [-0.39, 0.29) is 29.6 Å². The van der Waals surface area contributed by atoms with Crippen molar-refractivity contribution >= 4 is 23.4 Å². The monoisotopic (exact) mass is 300 g/mol. The molecule has 2 amide bonds. The molecular weight excluding hydrogens is 287 g/mol. The summed E-state index contributed by atoms with van der Waals surface area (Å²) in [4.78, 5) is 25.0. The van der Waals surface area contributed by atoms with Gasteiger partial charge in [-0.25, -0.2) is 4.39 Å². The van der Waals surface area contributed by atoms with Crippen LogP contribution in [0.2, 0.25) is 5.02 Å². The summed E-state index contributed by atoms with van der Waals surface area (Å²) in [6, 6.07) is 3.92. The number of β-amino-alcohol motifs (C(OH)–C–C–N with tert-alkyl or cyclic N) is 1. The number of amides is 2. The molecule has 1 aromatic rings. The highest BCUT2D eigenvalue weighted by Gasteiger charge is 2.25. The molecule has 0 aromatic heterocycles. The summed E-state index contributed by atoms with van der Waals surface area (Å²) in [5, 5.41) is 11.7. The van der Waals surface area contributed by atoms with Gasteiger partial charge in [-0.2, -0.15) is 0 Å². The second kappa shape index (κ2) is 6.19. The van der Waals surface area contributed by atoms with Crippen LogP contribution in [-0.2, 0) is 4.79 Å². The van der Waals surface area contributed by atoms with Crippen LogP contribution in [0.3, 0.4) is 0 Å². The largest absolute Gasteiger partial charge is 0.391 e. The van der Waals surface area contributed by atoms with Gasteiger partial charge in [-0.1, -0.05) is 17.7 Å². The molecule has 7 heteroatoms. The quantitative estimate of drug-likeness (QED) is 0.867.